The van der Waals surface area contributed by atoms with Crippen molar-refractivity contribution in [3.63, 3.8) is 0 Å². The smallest absolute Gasteiger partial charge is 0.309 e. The number of aromatic nitrogens is 4. The van der Waals surface area contributed by atoms with Crippen LogP contribution < -0.4 is 5.32 Å². The van der Waals surface area contributed by atoms with E-state index in [0.717, 1.165) is 11.8 Å². The molecule has 134 valence electrons. The highest BCUT2D eigenvalue weighted by molar-refractivity contribution is 6.30. The normalized spacial score (nSPS) is 10.7. The Bertz CT molecular complexity index is 947. The summed E-state index contributed by atoms with van der Waals surface area (Å²) in [4.78, 5) is 22.4. The zero-order valence-corrected chi connectivity index (χ0v) is 14.6. The van der Waals surface area contributed by atoms with Crippen molar-refractivity contribution < 1.29 is 9.72 Å². The van der Waals surface area contributed by atoms with Crippen LogP contribution in [0.5, 0.6) is 0 Å². The second kappa shape index (κ2) is 7.36. The molecule has 10 heteroatoms. The number of nitrogens with zero attached hydrogens (tertiary/aromatic N) is 5. The number of anilines is 1. The van der Waals surface area contributed by atoms with Gasteiger partial charge in [0, 0.05) is 11.2 Å². The second-order valence-electron chi connectivity index (χ2n) is 5.63. The Morgan fingerprint density at radius 3 is 2.65 bits per heavy atom. The first-order valence-electron chi connectivity index (χ1n) is 7.66. The summed E-state index contributed by atoms with van der Waals surface area (Å²) in [7, 11) is 0. The summed E-state index contributed by atoms with van der Waals surface area (Å²) < 4.78 is 2.97. The molecule has 1 aromatic carbocycles. The average Bonchev–Trinajstić information content (AvgIpc) is 3.17. The van der Waals surface area contributed by atoms with Crippen molar-refractivity contribution in [3.05, 3.63) is 69.3 Å². The lowest BCUT2D eigenvalue weighted by Gasteiger charge is -2.04. The third-order valence-electron chi connectivity index (χ3n) is 3.74. The predicted octanol–water partition coefficient (Wildman–Crippen LogP) is 2.64. The summed E-state index contributed by atoms with van der Waals surface area (Å²) >= 11 is 5.86. The molecule has 0 fully saturated rings. The summed E-state index contributed by atoms with van der Waals surface area (Å²) in [6.07, 6.45) is 4.36. The fourth-order valence-electron chi connectivity index (χ4n) is 2.40. The molecule has 0 saturated heterocycles. The van der Waals surface area contributed by atoms with Crippen LogP contribution in [-0.2, 0) is 17.9 Å². The van der Waals surface area contributed by atoms with Crippen molar-refractivity contribution in [1.29, 1.82) is 0 Å². The first kappa shape index (κ1) is 17.6. The molecule has 0 spiro atoms. The van der Waals surface area contributed by atoms with Crippen LogP contribution in [0.25, 0.3) is 0 Å². The molecule has 0 unspecified atom stereocenters. The number of halogens is 1. The van der Waals surface area contributed by atoms with Crippen LogP contribution in [-0.4, -0.2) is 30.4 Å². The van der Waals surface area contributed by atoms with Gasteiger partial charge in [0.2, 0.25) is 5.91 Å². The minimum Gasteiger partial charge on any atom is -0.322 e. The average molecular weight is 375 g/mol. The summed E-state index contributed by atoms with van der Waals surface area (Å²) in [6.45, 7) is 1.96. The molecule has 1 amide bonds. The molecule has 2 heterocycles. The van der Waals surface area contributed by atoms with E-state index in [9.17, 15) is 14.9 Å². The molecular formula is C16H15ClN6O3. The van der Waals surface area contributed by atoms with Crippen molar-refractivity contribution in [2.24, 2.45) is 0 Å². The predicted molar refractivity (Wildman–Crippen MR) is 95.0 cm³/mol. The van der Waals surface area contributed by atoms with E-state index in [2.05, 4.69) is 15.5 Å². The monoisotopic (exact) mass is 374 g/mol. The van der Waals surface area contributed by atoms with Gasteiger partial charge in [-0.2, -0.15) is 10.2 Å². The number of amides is 1. The molecule has 3 aromatic rings. The largest absolute Gasteiger partial charge is 0.322 e. The van der Waals surface area contributed by atoms with E-state index in [1.54, 1.807) is 29.9 Å². The van der Waals surface area contributed by atoms with Crippen LogP contribution in [0.2, 0.25) is 5.02 Å². The molecule has 1 N–H and O–H groups in total. The maximum Gasteiger partial charge on any atom is 0.309 e. The molecule has 0 aliphatic rings. The van der Waals surface area contributed by atoms with Gasteiger partial charge >= 0.3 is 5.69 Å². The first-order valence-corrected chi connectivity index (χ1v) is 8.03. The molecule has 26 heavy (non-hydrogen) atoms. The van der Waals surface area contributed by atoms with Crippen LogP contribution in [0, 0.1) is 17.0 Å². The van der Waals surface area contributed by atoms with E-state index in [0.29, 0.717) is 22.9 Å². The van der Waals surface area contributed by atoms with Crippen LogP contribution in [0.4, 0.5) is 11.4 Å². The van der Waals surface area contributed by atoms with Gasteiger partial charge in [0.1, 0.15) is 18.4 Å². The molecule has 9 nitrogen and oxygen atoms in total. The van der Waals surface area contributed by atoms with Crippen LogP contribution >= 0.6 is 11.6 Å². The Kier molecular flexibility index (Phi) is 4.99. The van der Waals surface area contributed by atoms with Crippen LogP contribution in [0.15, 0.2) is 42.9 Å². The van der Waals surface area contributed by atoms with Crippen molar-refractivity contribution in [1.82, 2.24) is 19.6 Å². The highest BCUT2D eigenvalue weighted by Crippen LogP contribution is 2.16. The second-order valence-corrected chi connectivity index (χ2v) is 6.07. The summed E-state index contributed by atoms with van der Waals surface area (Å²) in [5, 5.41) is 22.2. The van der Waals surface area contributed by atoms with Crippen molar-refractivity contribution in [3.8, 4) is 0 Å². The molecular weight excluding hydrogens is 360 g/mol. The topological polar surface area (TPSA) is 108 Å². The van der Waals surface area contributed by atoms with E-state index in [1.807, 2.05) is 12.1 Å². The fourth-order valence-corrected chi connectivity index (χ4v) is 2.53. The van der Waals surface area contributed by atoms with Gasteiger partial charge in [-0.25, -0.2) is 0 Å². The number of hydrogen-bond donors (Lipinski definition) is 1. The molecule has 0 radical (unpaired) electrons. The fraction of sp³-hybridized carbons (Fsp3) is 0.188. The van der Waals surface area contributed by atoms with E-state index in [4.69, 9.17) is 11.6 Å². The maximum absolute atomic E-state index is 12.1. The Hall–Kier alpha value is -3.20. The minimum absolute atomic E-state index is 0.117. The highest BCUT2D eigenvalue weighted by atomic mass is 35.5. The van der Waals surface area contributed by atoms with Gasteiger partial charge in [-0.1, -0.05) is 23.7 Å². The van der Waals surface area contributed by atoms with E-state index in [1.165, 1.54) is 10.9 Å². The standard InChI is InChI=1S/C16H15ClN6O3/c1-11-15(23(25)26)7-19-22(11)10-16(24)20-14-6-18-21(9-14)8-12-2-4-13(17)5-3-12/h2-7,9H,8,10H2,1H3,(H,20,24). The zero-order valence-electron chi connectivity index (χ0n) is 13.8. The van der Waals surface area contributed by atoms with E-state index < -0.39 is 4.92 Å². The van der Waals surface area contributed by atoms with Crippen molar-refractivity contribution in [2.45, 2.75) is 20.0 Å². The molecule has 0 atom stereocenters. The maximum atomic E-state index is 12.1. The van der Waals surface area contributed by atoms with Gasteiger partial charge in [-0.15, -0.1) is 0 Å². The van der Waals surface area contributed by atoms with E-state index >= 15 is 0 Å². The van der Waals surface area contributed by atoms with Gasteiger partial charge in [0.05, 0.1) is 23.4 Å². The Labute approximate surface area is 153 Å². The molecule has 0 saturated carbocycles. The lowest BCUT2D eigenvalue weighted by atomic mass is 10.2. The van der Waals surface area contributed by atoms with Gasteiger partial charge in [-0.3, -0.25) is 24.3 Å². The SMILES string of the molecule is Cc1c([N+](=O)[O-])cnn1CC(=O)Nc1cnn(Cc2ccc(Cl)cc2)c1. The third-order valence-corrected chi connectivity index (χ3v) is 3.99. The van der Waals surface area contributed by atoms with E-state index in [-0.39, 0.29) is 18.1 Å². The van der Waals surface area contributed by atoms with Crippen LogP contribution in [0.3, 0.4) is 0 Å². The number of carbonyl (C=O) groups excluding carboxylic acids is 1. The molecule has 0 aliphatic carbocycles. The van der Waals surface area contributed by atoms with Gasteiger partial charge in [0.25, 0.3) is 0 Å². The van der Waals surface area contributed by atoms with Crippen molar-refractivity contribution in [2.75, 3.05) is 5.32 Å². The lowest BCUT2D eigenvalue weighted by Crippen LogP contribution is -2.20. The lowest BCUT2D eigenvalue weighted by molar-refractivity contribution is -0.385. The highest BCUT2D eigenvalue weighted by Gasteiger charge is 2.18. The number of hydrogen-bond acceptors (Lipinski definition) is 5. The number of carbonyl (C=O) groups is 1. The quantitative estimate of drug-likeness (QED) is 0.527. The van der Waals surface area contributed by atoms with Gasteiger partial charge < -0.3 is 5.32 Å². The summed E-state index contributed by atoms with van der Waals surface area (Å²) in [5.41, 5.74) is 1.76. The third kappa shape index (κ3) is 4.06. The van der Waals surface area contributed by atoms with Gasteiger partial charge in [0.15, 0.2) is 0 Å². The van der Waals surface area contributed by atoms with Crippen molar-refractivity contribution >= 4 is 28.9 Å². The Morgan fingerprint density at radius 1 is 1.27 bits per heavy atom. The number of nitrogens with one attached hydrogen (secondary N) is 1. The summed E-state index contributed by atoms with van der Waals surface area (Å²) in [6, 6.07) is 7.40. The molecule has 0 bridgehead atoms. The Balaban J connectivity index is 1.61. The molecule has 0 aliphatic heterocycles. The Morgan fingerprint density at radius 2 is 2.00 bits per heavy atom. The number of nitro groups is 1. The first-order chi connectivity index (χ1) is 12.4. The van der Waals surface area contributed by atoms with Gasteiger partial charge in [-0.05, 0) is 24.6 Å². The number of benzene rings is 1. The number of rotatable bonds is 6. The molecule has 2 aromatic heterocycles. The zero-order chi connectivity index (χ0) is 18.7. The molecule has 3 rings (SSSR count). The van der Waals surface area contributed by atoms with Crippen LogP contribution in [0.1, 0.15) is 11.3 Å². The summed E-state index contributed by atoms with van der Waals surface area (Å²) in [5.74, 6) is -0.350. The minimum atomic E-state index is -0.530.